The summed E-state index contributed by atoms with van der Waals surface area (Å²) in [5, 5.41) is 2.70. The number of hydrogen-bond donors (Lipinski definition) is 1. The van der Waals surface area contributed by atoms with Crippen LogP contribution in [0.3, 0.4) is 0 Å². The molecule has 0 fully saturated rings. The molecule has 0 radical (unpaired) electrons. The van der Waals surface area contributed by atoms with Gasteiger partial charge in [0.15, 0.2) is 0 Å². The third-order valence-corrected chi connectivity index (χ3v) is 7.14. The predicted octanol–water partition coefficient (Wildman–Crippen LogP) is 5.10. The number of rotatable bonds is 8. The lowest BCUT2D eigenvalue weighted by molar-refractivity contribution is -0.137. The van der Waals surface area contributed by atoms with E-state index < -0.39 is 40.3 Å². The van der Waals surface area contributed by atoms with Gasteiger partial charge in [-0.3, -0.25) is 9.10 Å². The van der Waals surface area contributed by atoms with E-state index in [-0.39, 0.29) is 10.6 Å². The van der Waals surface area contributed by atoms with E-state index in [1.807, 2.05) is 0 Å². The second-order valence-corrected chi connectivity index (χ2v) is 9.80. The van der Waals surface area contributed by atoms with Crippen molar-refractivity contribution in [2.75, 3.05) is 18.0 Å². The van der Waals surface area contributed by atoms with Crippen LogP contribution in [0.25, 0.3) is 0 Å². The molecule has 1 N–H and O–H groups in total. The minimum absolute atomic E-state index is 0.142. The van der Waals surface area contributed by atoms with Crippen LogP contribution in [0.5, 0.6) is 5.75 Å². The summed E-state index contributed by atoms with van der Waals surface area (Å²) < 4.78 is 72.6. The monoisotopic (exact) mass is 506 g/mol. The second kappa shape index (κ2) is 10.4. The van der Waals surface area contributed by atoms with E-state index in [4.69, 9.17) is 4.74 Å². The van der Waals surface area contributed by atoms with Crippen LogP contribution in [-0.2, 0) is 21.0 Å². The Morgan fingerprint density at radius 3 is 2.23 bits per heavy atom. The van der Waals surface area contributed by atoms with Crippen LogP contribution in [0.2, 0.25) is 0 Å². The number of aryl methyl sites for hydroxylation is 1. The van der Waals surface area contributed by atoms with Crippen LogP contribution in [0.1, 0.15) is 29.7 Å². The number of nitrogens with zero attached hydrogens (tertiary/aromatic N) is 1. The molecular weight excluding hydrogens is 481 g/mol. The topological polar surface area (TPSA) is 75.7 Å². The van der Waals surface area contributed by atoms with E-state index in [0.717, 1.165) is 23.3 Å². The predicted molar refractivity (Wildman–Crippen MR) is 127 cm³/mol. The number of ether oxygens (including phenoxy) is 1. The molecule has 0 heterocycles. The summed E-state index contributed by atoms with van der Waals surface area (Å²) in [6.45, 7) is 2.77. The van der Waals surface area contributed by atoms with Gasteiger partial charge in [0.1, 0.15) is 12.3 Å². The Kier molecular flexibility index (Phi) is 7.74. The molecule has 6 nitrogen and oxygen atoms in total. The van der Waals surface area contributed by atoms with Gasteiger partial charge in [0, 0.05) is 0 Å². The number of hydrogen-bond acceptors (Lipinski definition) is 4. The number of carbonyl (C=O) groups excluding carboxylic acids is 1. The molecule has 0 aliphatic carbocycles. The van der Waals surface area contributed by atoms with Gasteiger partial charge in [-0.15, -0.1) is 0 Å². The third kappa shape index (κ3) is 6.33. The number of sulfonamides is 1. The molecule has 1 atom stereocenters. The van der Waals surface area contributed by atoms with Gasteiger partial charge in [-0.05, 0) is 61.9 Å². The summed E-state index contributed by atoms with van der Waals surface area (Å²) >= 11 is 0. The summed E-state index contributed by atoms with van der Waals surface area (Å²) in [5.74, 6) is -0.0476. The zero-order valence-corrected chi connectivity index (χ0v) is 20.2. The van der Waals surface area contributed by atoms with Gasteiger partial charge in [-0.2, -0.15) is 13.2 Å². The van der Waals surface area contributed by atoms with E-state index >= 15 is 0 Å². The molecular formula is C25H25F3N2O4S. The quantitative estimate of drug-likeness (QED) is 0.462. The largest absolute Gasteiger partial charge is 0.497 e. The number of carbonyl (C=O) groups is 1. The maximum absolute atomic E-state index is 13.4. The number of amides is 1. The maximum atomic E-state index is 13.4. The Hall–Kier alpha value is -3.53. The summed E-state index contributed by atoms with van der Waals surface area (Å²) in [4.78, 5) is 12.7. The Labute approximate surface area is 202 Å². The number of alkyl halides is 3. The van der Waals surface area contributed by atoms with E-state index in [1.165, 1.54) is 25.3 Å². The minimum Gasteiger partial charge on any atom is -0.497 e. The molecule has 35 heavy (non-hydrogen) atoms. The Balaban J connectivity index is 1.93. The van der Waals surface area contributed by atoms with Crippen molar-refractivity contribution in [3.63, 3.8) is 0 Å². The molecule has 0 saturated heterocycles. The smallest absolute Gasteiger partial charge is 0.416 e. The van der Waals surface area contributed by atoms with E-state index in [9.17, 15) is 26.4 Å². The average Bonchev–Trinajstić information content (AvgIpc) is 2.82. The summed E-state index contributed by atoms with van der Waals surface area (Å²) in [6.07, 6.45) is -4.68. The van der Waals surface area contributed by atoms with E-state index in [2.05, 4.69) is 5.32 Å². The summed E-state index contributed by atoms with van der Waals surface area (Å²) in [5.41, 5.74) is 0.255. The summed E-state index contributed by atoms with van der Waals surface area (Å²) in [7, 11) is -2.82. The molecule has 10 heteroatoms. The first-order valence-corrected chi connectivity index (χ1v) is 12.1. The van der Waals surface area contributed by atoms with E-state index in [1.54, 1.807) is 50.2 Å². The van der Waals surface area contributed by atoms with Crippen LogP contribution in [0.4, 0.5) is 18.9 Å². The fraction of sp³-hybridized carbons (Fsp3) is 0.240. The summed E-state index contributed by atoms with van der Waals surface area (Å²) in [6, 6.07) is 16.2. The SMILES string of the molecule is COc1ccc([C@H](C)NC(=O)CN(c2cccc(C(F)(F)F)c2)S(=O)(=O)c2ccc(C)cc2)cc1. The number of anilines is 1. The van der Waals surface area contributed by atoms with Gasteiger partial charge >= 0.3 is 6.18 Å². The molecule has 3 aromatic rings. The number of halogens is 3. The van der Waals surface area contributed by atoms with Gasteiger partial charge in [0.2, 0.25) is 5.91 Å². The number of benzene rings is 3. The fourth-order valence-corrected chi connectivity index (χ4v) is 4.80. The molecule has 186 valence electrons. The first kappa shape index (κ1) is 26.1. The van der Waals surface area contributed by atoms with Gasteiger partial charge in [0.25, 0.3) is 10.0 Å². The average molecular weight is 507 g/mol. The molecule has 0 aliphatic rings. The van der Waals surface area contributed by atoms with Crippen molar-refractivity contribution in [3.05, 3.63) is 89.5 Å². The molecule has 0 spiro atoms. The first-order valence-electron chi connectivity index (χ1n) is 10.6. The zero-order chi connectivity index (χ0) is 25.8. The van der Waals surface area contributed by atoms with Crippen molar-refractivity contribution in [1.82, 2.24) is 5.32 Å². The second-order valence-electron chi connectivity index (χ2n) is 7.94. The van der Waals surface area contributed by atoms with Crippen molar-refractivity contribution >= 4 is 21.6 Å². The number of nitrogens with one attached hydrogen (secondary N) is 1. The zero-order valence-electron chi connectivity index (χ0n) is 19.3. The minimum atomic E-state index is -4.68. The Morgan fingerprint density at radius 2 is 1.66 bits per heavy atom. The standard InChI is InChI=1S/C25H25F3N2O4S/c1-17-7-13-23(14-8-17)35(32,33)30(21-6-4-5-20(15-21)25(26,27)28)16-24(31)29-18(2)19-9-11-22(34-3)12-10-19/h4-15,18H,16H2,1-3H3,(H,29,31)/t18-/m0/s1. The highest BCUT2D eigenvalue weighted by Crippen LogP contribution is 2.33. The van der Waals surface area contributed by atoms with Crippen molar-refractivity contribution in [2.24, 2.45) is 0 Å². The van der Waals surface area contributed by atoms with Crippen molar-refractivity contribution in [1.29, 1.82) is 0 Å². The highest BCUT2D eigenvalue weighted by molar-refractivity contribution is 7.92. The number of methoxy groups -OCH3 is 1. The highest BCUT2D eigenvalue weighted by atomic mass is 32.2. The third-order valence-electron chi connectivity index (χ3n) is 5.35. The highest BCUT2D eigenvalue weighted by Gasteiger charge is 2.33. The molecule has 3 aromatic carbocycles. The fourth-order valence-electron chi connectivity index (χ4n) is 3.38. The molecule has 0 aliphatic heterocycles. The Bertz CT molecular complexity index is 1280. The lowest BCUT2D eigenvalue weighted by atomic mass is 10.1. The first-order chi connectivity index (χ1) is 16.4. The lowest BCUT2D eigenvalue weighted by Crippen LogP contribution is -2.41. The van der Waals surface area contributed by atoms with Crippen molar-refractivity contribution in [3.8, 4) is 5.75 Å². The molecule has 0 aromatic heterocycles. The molecule has 0 saturated carbocycles. The van der Waals surface area contributed by atoms with Crippen molar-refractivity contribution < 1.29 is 31.1 Å². The van der Waals surface area contributed by atoms with Gasteiger partial charge < -0.3 is 10.1 Å². The van der Waals surface area contributed by atoms with Crippen LogP contribution in [0.15, 0.2) is 77.7 Å². The van der Waals surface area contributed by atoms with E-state index in [0.29, 0.717) is 16.1 Å². The van der Waals surface area contributed by atoms with Gasteiger partial charge in [-0.1, -0.05) is 35.9 Å². The van der Waals surface area contributed by atoms with Crippen LogP contribution in [-0.4, -0.2) is 28.0 Å². The maximum Gasteiger partial charge on any atom is 0.416 e. The molecule has 3 rings (SSSR count). The van der Waals surface area contributed by atoms with Crippen LogP contribution >= 0.6 is 0 Å². The van der Waals surface area contributed by atoms with Gasteiger partial charge in [-0.25, -0.2) is 8.42 Å². The van der Waals surface area contributed by atoms with Crippen LogP contribution < -0.4 is 14.4 Å². The lowest BCUT2D eigenvalue weighted by Gasteiger charge is -2.26. The Morgan fingerprint density at radius 1 is 1.03 bits per heavy atom. The van der Waals surface area contributed by atoms with Gasteiger partial charge in [0.05, 0.1) is 29.3 Å². The normalized spacial score (nSPS) is 12.6. The molecule has 0 bridgehead atoms. The molecule has 0 unspecified atom stereocenters. The molecule has 1 amide bonds. The van der Waals surface area contributed by atoms with Crippen LogP contribution in [0, 0.1) is 6.92 Å². The van der Waals surface area contributed by atoms with Crippen molar-refractivity contribution in [2.45, 2.75) is 31.0 Å².